The number of aromatic nitrogens is 2. The third-order valence-corrected chi connectivity index (χ3v) is 7.19. The molecule has 178 valence electrons. The molecular weight excluding hydrogens is 452 g/mol. The van der Waals surface area contributed by atoms with Crippen LogP contribution in [0, 0.1) is 11.6 Å². The zero-order chi connectivity index (χ0) is 23.9. The Labute approximate surface area is 194 Å². The van der Waals surface area contributed by atoms with Gasteiger partial charge in [-0.1, -0.05) is 6.07 Å². The summed E-state index contributed by atoms with van der Waals surface area (Å²) in [6.07, 6.45) is 1.74. The predicted molar refractivity (Wildman–Crippen MR) is 121 cm³/mol. The van der Waals surface area contributed by atoms with Crippen LogP contribution in [-0.2, 0) is 21.3 Å². The summed E-state index contributed by atoms with van der Waals surface area (Å²) in [4.78, 5) is 13.8. The number of methoxy groups -OCH3 is 1. The molecule has 5 atom stereocenters. The van der Waals surface area contributed by atoms with Gasteiger partial charge in [-0.05, 0) is 31.9 Å². The number of hydrogen-bond acceptors (Lipinski definition) is 7. The molecule has 1 aromatic heterocycles. The van der Waals surface area contributed by atoms with Crippen LogP contribution in [0.25, 0.3) is 0 Å². The third-order valence-electron chi connectivity index (χ3n) is 6.13. The van der Waals surface area contributed by atoms with Crippen molar-refractivity contribution >= 4 is 23.4 Å². The lowest BCUT2D eigenvalue weighted by molar-refractivity contribution is -0.114. The van der Waals surface area contributed by atoms with Crippen molar-refractivity contribution in [1.29, 1.82) is 0 Å². The van der Waals surface area contributed by atoms with Crippen molar-refractivity contribution in [3.8, 4) is 0 Å². The summed E-state index contributed by atoms with van der Waals surface area (Å²) >= 11 is 1.10. The molecule has 1 aromatic carbocycles. The lowest BCUT2D eigenvalue weighted by Gasteiger charge is -2.31. The first-order chi connectivity index (χ1) is 15.7. The molecule has 2 aromatic rings. The number of hydrogen-bond donors (Lipinski definition) is 2. The van der Waals surface area contributed by atoms with Gasteiger partial charge in [-0.15, -0.1) is 11.8 Å². The number of thioether (sulfide) groups is 1. The molecule has 3 heterocycles. The predicted octanol–water partition coefficient (Wildman–Crippen LogP) is 2.86. The lowest BCUT2D eigenvalue weighted by Crippen LogP contribution is -2.42. The fourth-order valence-electron chi connectivity index (χ4n) is 4.57. The second-order valence-corrected chi connectivity index (χ2v) is 9.13. The van der Waals surface area contributed by atoms with E-state index < -0.39 is 29.0 Å². The van der Waals surface area contributed by atoms with E-state index in [4.69, 9.17) is 20.9 Å². The van der Waals surface area contributed by atoms with Crippen LogP contribution in [0.4, 0.5) is 14.5 Å². The zero-order valence-corrected chi connectivity index (χ0v) is 19.4. The minimum absolute atomic E-state index is 0.120. The summed E-state index contributed by atoms with van der Waals surface area (Å²) in [5, 5.41) is 5.01. The number of carbonyl (C=O) groups is 1. The summed E-state index contributed by atoms with van der Waals surface area (Å²) < 4.78 is 42.9. The number of primary amides is 1. The Morgan fingerprint density at radius 3 is 2.64 bits per heavy atom. The Morgan fingerprint density at radius 1 is 1.30 bits per heavy atom. The molecule has 4 rings (SSSR count). The first-order valence-electron chi connectivity index (χ1n) is 10.6. The molecule has 11 heteroatoms. The van der Waals surface area contributed by atoms with Crippen LogP contribution in [0.2, 0.25) is 0 Å². The zero-order valence-electron chi connectivity index (χ0n) is 18.6. The molecule has 0 spiro atoms. The number of halogens is 2. The molecule has 1 fully saturated rings. The standard InChI is InChI=1S/C22H27F2N5O3S/c1-11-20(31-3)14(25)7-8-17(32-11)19-15(9-27-28(19)2)29-16(21(26)30)10-33-22(29)18-12(23)5-4-6-13(18)24/h4-6,9-11,14,17,20,22H,7-8,25H2,1-3H3,(H2,26,30)/t11-,14-,17+,20-,22?/m0/s1. The van der Waals surface area contributed by atoms with Gasteiger partial charge >= 0.3 is 0 Å². The number of benzene rings is 1. The van der Waals surface area contributed by atoms with E-state index in [1.807, 2.05) is 6.92 Å². The Bertz CT molecular complexity index is 1060. The van der Waals surface area contributed by atoms with Crippen molar-refractivity contribution in [2.75, 3.05) is 12.0 Å². The van der Waals surface area contributed by atoms with E-state index in [9.17, 15) is 13.6 Å². The largest absolute Gasteiger partial charge is 0.377 e. The molecule has 1 amide bonds. The number of nitrogens with two attached hydrogens (primary N) is 2. The van der Waals surface area contributed by atoms with Gasteiger partial charge in [-0.2, -0.15) is 5.10 Å². The summed E-state index contributed by atoms with van der Waals surface area (Å²) in [6.45, 7) is 1.89. The highest BCUT2D eigenvalue weighted by Gasteiger charge is 2.40. The van der Waals surface area contributed by atoms with Crippen LogP contribution < -0.4 is 16.4 Å². The number of amides is 1. The monoisotopic (exact) mass is 479 g/mol. The highest BCUT2D eigenvalue weighted by atomic mass is 32.2. The van der Waals surface area contributed by atoms with E-state index in [2.05, 4.69) is 5.10 Å². The van der Waals surface area contributed by atoms with Gasteiger partial charge in [0.05, 0.1) is 35.3 Å². The average molecular weight is 480 g/mol. The van der Waals surface area contributed by atoms with Crippen LogP contribution in [-0.4, -0.2) is 41.0 Å². The number of rotatable bonds is 5. The minimum atomic E-state index is -0.881. The molecule has 4 N–H and O–H groups in total. The highest BCUT2D eigenvalue weighted by molar-refractivity contribution is 8.02. The SMILES string of the molecule is CO[C@H]1[C@H](C)O[C@@H](c2c(N3C(C(N)=O)=CSC3c3c(F)cccc3F)cnn2C)CC[C@@H]1N. The third kappa shape index (κ3) is 4.25. The maximum atomic E-state index is 14.7. The molecule has 2 aliphatic rings. The molecule has 33 heavy (non-hydrogen) atoms. The normalized spacial score (nSPS) is 28.0. The average Bonchev–Trinajstić information content (AvgIpc) is 3.31. The van der Waals surface area contributed by atoms with Crippen molar-refractivity contribution in [3.63, 3.8) is 0 Å². The number of ether oxygens (including phenoxy) is 2. The van der Waals surface area contributed by atoms with E-state index in [1.54, 1.807) is 25.0 Å². The summed E-state index contributed by atoms with van der Waals surface area (Å²) in [7, 11) is 3.35. The number of carbonyl (C=O) groups excluding carboxylic acids is 1. The summed E-state index contributed by atoms with van der Waals surface area (Å²) in [5.41, 5.74) is 13.0. The molecule has 0 saturated carbocycles. The van der Waals surface area contributed by atoms with Crippen molar-refractivity contribution in [3.05, 3.63) is 58.4 Å². The van der Waals surface area contributed by atoms with Gasteiger partial charge in [-0.3, -0.25) is 9.48 Å². The van der Waals surface area contributed by atoms with Gasteiger partial charge in [0.2, 0.25) is 0 Å². The highest BCUT2D eigenvalue weighted by Crippen LogP contribution is 2.49. The minimum Gasteiger partial charge on any atom is -0.377 e. The Morgan fingerprint density at radius 2 is 2.00 bits per heavy atom. The first-order valence-corrected chi connectivity index (χ1v) is 11.5. The first kappa shape index (κ1) is 23.7. The van der Waals surface area contributed by atoms with Gasteiger partial charge < -0.3 is 25.8 Å². The van der Waals surface area contributed by atoms with E-state index in [0.717, 1.165) is 11.8 Å². The molecule has 1 saturated heterocycles. The Balaban J connectivity index is 1.79. The molecule has 0 bridgehead atoms. The molecule has 0 aliphatic carbocycles. The maximum absolute atomic E-state index is 14.7. The maximum Gasteiger partial charge on any atom is 0.265 e. The van der Waals surface area contributed by atoms with E-state index in [1.165, 1.54) is 28.5 Å². The van der Waals surface area contributed by atoms with Gasteiger partial charge in [0, 0.05) is 25.6 Å². The lowest BCUT2D eigenvalue weighted by atomic mass is 10.0. The number of anilines is 1. The summed E-state index contributed by atoms with van der Waals surface area (Å²) in [6, 6.07) is 3.46. The van der Waals surface area contributed by atoms with E-state index >= 15 is 0 Å². The molecular formula is C22H27F2N5O3S. The van der Waals surface area contributed by atoms with Crippen LogP contribution in [0.5, 0.6) is 0 Å². The summed E-state index contributed by atoms with van der Waals surface area (Å²) in [5.74, 6) is -2.14. The van der Waals surface area contributed by atoms with Crippen LogP contribution in [0.1, 0.15) is 42.5 Å². The second kappa shape index (κ2) is 9.41. The van der Waals surface area contributed by atoms with Crippen LogP contribution >= 0.6 is 11.8 Å². The smallest absolute Gasteiger partial charge is 0.265 e. The van der Waals surface area contributed by atoms with Gasteiger partial charge in [0.1, 0.15) is 28.8 Å². The van der Waals surface area contributed by atoms with Gasteiger partial charge in [0.15, 0.2) is 0 Å². The number of aryl methyl sites for hydroxylation is 1. The topological polar surface area (TPSA) is 109 Å². The molecule has 0 radical (unpaired) electrons. The number of nitrogens with zero attached hydrogens (tertiary/aromatic N) is 3. The van der Waals surface area contributed by atoms with Crippen LogP contribution in [0.15, 0.2) is 35.5 Å². The molecule has 1 unspecified atom stereocenters. The fourth-order valence-corrected chi connectivity index (χ4v) is 5.77. The second-order valence-electron chi connectivity index (χ2n) is 8.17. The molecule has 8 nitrogen and oxygen atoms in total. The van der Waals surface area contributed by atoms with Crippen molar-refractivity contribution in [1.82, 2.24) is 9.78 Å². The van der Waals surface area contributed by atoms with Gasteiger partial charge in [0.25, 0.3) is 5.91 Å². The van der Waals surface area contributed by atoms with Crippen molar-refractivity contribution in [2.24, 2.45) is 18.5 Å². The quantitative estimate of drug-likeness (QED) is 0.679. The Hall–Kier alpha value is -2.47. The van der Waals surface area contributed by atoms with Crippen molar-refractivity contribution in [2.45, 2.75) is 49.5 Å². The molecule has 2 aliphatic heterocycles. The fraction of sp³-hybridized carbons (Fsp3) is 0.455. The van der Waals surface area contributed by atoms with E-state index in [0.29, 0.717) is 24.2 Å². The van der Waals surface area contributed by atoms with Crippen LogP contribution in [0.3, 0.4) is 0 Å². The van der Waals surface area contributed by atoms with E-state index in [-0.39, 0.29) is 29.5 Å². The van der Waals surface area contributed by atoms with Gasteiger partial charge in [-0.25, -0.2) is 8.78 Å². The van der Waals surface area contributed by atoms with Crippen molar-refractivity contribution < 1.29 is 23.0 Å². The Kier molecular flexibility index (Phi) is 6.76.